The number of pyridine rings is 4. The second-order valence-corrected chi connectivity index (χ2v) is 33.8. The summed E-state index contributed by atoms with van der Waals surface area (Å²) in [6, 6.07) is 130. The summed E-state index contributed by atoms with van der Waals surface area (Å²) in [5.74, 6) is 0.854. The van der Waals surface area contributed by atoms with E-state index in [0.29, 0.717) is 43.6 Å². The molecule has 13 aromatic carbocycles. The summed E-state index contributed by atoms with van der Waals surface area (Å²) in [4.78, 5) is 19.5. The first-order chi connectivity index (χ1) is 62.3. The smallest absolute Gasteiger partial charge is 0.1000 e. The van der Waals surface area contributed by atoms with Crippen molar-refractivity contribution in [2.45, 2.75) is 153 Å². The number of hydrogen-bond donors (Lipinski definition) is 5. The Hall–Kier alpha value is -14.1. The molecule has 0 fully saturated rings. The molecule has 0 aliphatic heterocycles. The first-order valence-electron chi connectivity index (χ1n) is 45.0. The molecular formula is C119H122N8O. The third-order valence-corrected chi connectivity index (χ3v) is 24.0. The Kier molecular flexibility index (Phi) is 32.7. The molecule has 0 aliphatic rings. The molecule has 0 spiro atoms. The number of aliphatic hydroxyl groups excluding tert-OH is 1. The highest BCUT2D eigenvalue weighted by molar-refractivity contribution is 5.95. The lowest BCUT2D eigenvalue weighted by molar-refractivity contribution is 0.174. The summed E-state index contributed by atoms with van der Waals surface area (Å²) >= 11 is 0. The SMILES string of the molecule is CC(C)c1cccc(C(C)C)c1NC(c1ccccc1)c1cccc(-c2ccccc2)n1.Cc1c(C)c(C)c(C)c(C)c1C.Cc1cc(C)c(NCc2cccc(-c3cccc4ccccc34)n2)c(C)c1.OC(Cc1ccccc1)c1cccc(-c2ccccc2)n1.c1ccc(Cc2ccccc2NCc2cccc(CNc3ccccc3Cc3ccccc3)n2)cc1. The van der Waals surface area contributed by atoms with Gasteiger partial charge in [0.25, 0.3) is 0 Å². The van der Waals surface area contributed by atoms with Crippen LogP contribution in [0.2, 0.25) is 0 Å². The molecule has 4 aromatic heterocycles. The van der Waals surface area contributed by atoms with Crippen LogP contribution in [0.1, 0.15) is 175 Å². The van der Waals surface area contributed by atoms with Crippen LogP contribution in [-0.2, 0) is 38.9 Å². The van der Waals surface area contributed by atoms with Gasteiger partial charge in [0.15, 0.2) is 0 Å². The van der Waals surface area contributed by atoms with Crippen LogP contribution < -0.4 is 21.3 Å². The highest BCUT2D eigenvalue weighted by Crippen LogP contribution is 2.38. The highest BCUT2D eigenvalue weighted by Gasteiger charge is 2.23. The lowest BCUT2D eigenvalue weighted by Gasteiger charge is -2.27. The summed E-state index contributed by atoms with van der Waals surface area (Å²) in [5, 5.41) is 27.6. The summed E-state index contributed by atoms with van der Waals surface area (Å²) < 4.78 is 0. The molecule has 0 radical (unpaired) electrons. The van der Waals surface area contributed by atoms with Crippen molar-refractivity contribution in [3.05, 3.63) is 499 Å². The Labute approximate surface area is 760 Å². The van der Waals surface area contributed by atoms with Crippen molar-refractivity contribution in [1.82, 2.24) is 19.9 Å². The number of para-hydroxylation sites is 3. The average Bonchev–Trinajstić information content (AvgIpc) is 0.817. The van der Waals surface area contributed by atoms with Gasteiger partial charge in [-0.25, -0.2) is 0 Å². The maximum atomic E-state index is 10.4. The van der Waals surface area contributed by atoms with Gasteiger partial charge in [0, 0.05) is 45.9 Å². The summed E-state index contributed by atoms with van der Waals surface area (Å²) in [6.07, 6.45) is 1.80. The lowest BCUT2D eigenvalue weighted by atomic mass is 9.90. The Morgan fingerprint density at radius 2 is 0.680 bits per heavy atom. The van der Waals surface area contributed by atoms with E-state index in [4.69, 9.17) is 15.0 Å². The largest absolute Gasteiger partial charge is 0.386 e. The number of aryl methyl sites for hydroxylation is 3. The zero-order chi connectivity index (χ0) is 89.7. The van der Waals surface area contributed by atoms with Crippen molar-refractivity contribution < 1.29 is 5.11 Å². The number of benzene rings is 13. The predicted molar refractivity (Wildman–Crippen MR) is 541 cm³/mol. The fourth-order valence-corrected chi connectivity index (χ4v) is 16.5. The van der Waals surface area contributed by atoms with Crippen LogP contribution in [0.25, 0.3) is 44.5 Å². The van der Waals surface area contributed by atoms with Crippen molar-refractivity contribution in [3.63, 3.8) is 0 Å². The predicted octanol–water partition coefficient (Wildman–Crippen LogP) is 29.7. The molecular weight excluding hydrogens is 1560 g/mol. The zero-order valence-electron chi connectivity index (χ0n) is 76.6. The van der Waals surface area contributed by atoms with Crippen LogP contribution in [0.3, 0.4) is 0 Å². The number of anilines is 4. The van der Waals surface area contributed by atoms with Gasteiger partial charge in [0.05, 0.1) is 77.3 Å². The first kappa shape index (κ1) is 91.6. The molecule has 0 saturated carbocycles. The monoisotopic (exact) mass is 1680 g/mol. The van der Waals surface area contributed by atoms with E-state index in [1.54, 1.807) is 0 Å². The molecule has 9 nitrogen and oxygen atoms in total. The standard InChI is InChI=1S/C33H31N3.C30H32N2.C25H24N2.C19H17NO.C12H18/c1-3-12-26(13-4-1)22-28-16-7-9-20-32(28)34-24-30-18-11-19-31(36-30)25-35-33-21-10-8-17-29(33)23-27-14-5-2-6-15-27;1-21(2)25-17-11-18-26(22(3)4)30(25)32-29(24-15-9-6-10-16-24)28-20-12-19-27(31-28)23-13-7-5-8-14-23;1-17-14-18(2)25(19(3)15-17)26-16-21-10-7-13-24(27-21)23-12-6-9-20-8-4-5-11-22(20)23;21-19(14-15-8-3-1-4-9-15)18-13-7-12-17(20-18)16-10-5-2-6-11-16;1-7-8(2)10(4)12(6)11(5)9(7)3/h1-21,34-35H,22-25H2;5-22,29,32H,1-4H3;4-15,26H,16H2,1-3H3;1-13,19,21H,14H2;1-6H3. The average molecular weight is 1680 g/mol. The van der Waals surface area contributed by atoms with Gasteiger partial charge < -0.3 is 26.4 Å². The minimum Gasteiger partial charge on any atom is -0.386 e. The van der Waals surface area contributed by atoms with Crippen LogP contribution in [0.5, 0.6) is 0 Å². The van der Waals surface area contributed by atoms with Gasteiger partial charge in [-0.1, -0.05) is 349 Å². The van der Waals surface area contributed by atoms with Gasteiger partial charge in [0.2, 0.25) is 0 Å². The molecule has 0 amide bonds. The quantitative estimate of drug-likeness (QED) is 0.0381. The molecule has 128 heavy (non-hydrogen) atoms. The normalized spacial score (nSPS) is 11.3. The highest BCUT2D eigenvalue weighted by atomic mass is 16.3. The number of aromatic nitrogens is 4. The summed E-state index contributed by atoms with van der Waals surface area (Å²) in [5.41, 5.74) is 38.6. The molecule has 644 valence electrons. The van der Waals surface area contributed by atoms with Gasteiger partial charge in [-0.05, 0) is 247 Å². The Bertz CT molecular complexity index is 6130. The number of rotatable bonds is 25. The molecule has 9 heteroatoms. The van der Waals surface area contributed by atoms with E-state index in [1.807, 2.05) is 84.9 Å². The van der Waals surface area contributed by atoms with Crippen molar-refractivity contribution in [2.24, 2.45) is 0 Å². The van der Waals surface area contributed by atoms with E-state index < -0.39 is 6.10 Å². The van der Waals surface area contributed by atoms with Crippen molar-refractivity contribution in [2.75, 3.05) is 21.3 Å². The topological polar surface area (TPSA) is 120 Å². The Morgan fingerprint density at radius 3 is 1.18 bits per heavy atom. The van der Waals surface area contributed by atoms with Gasteiger partial charge >= 0.3 is 0 Å². The van der Waals surface area contributed by atoms with E-state index in [0.717, 1.165) is 80.8 Å². The van der Waals surface area contributed by atoms with Crippen LogP contribution >= 0.6 is 0 Å². The minimum atomic E-state index is -0.587. The van der Waals surface area contributed by atoms with Gasteiger partial charge in [-0.15, -0.1) is 0 Å². The molecule has 5 N–H and O–H groups in total. The molecule has 0 bridgehead atoms. The fourth-order valence-electron chi connectivity index (χ4n) is 16.5. The second kappa shape index (κ2) is 45.7. The third kappa shape index (κ3) is 25.1. The number of fused-ring (bicyclic) bond motifs is 1. The first-order valence-corrected chi connectivity index (χ1v) is 45.0. The Morgan fingerprint density at radius 1 is 0.305 bits per heavy atom. The summed E-state index contributed by atoms with van der Waals surface area (Å²) in [7, 11) is 0. The molecule has 2 unspecified atom stereocenters. The third-order valence-electron chi connectivity index (χ3n) is 24.0. The van der Waals surface area contributed by atoms with Crippen LogP contribution in [0.15, 0.2) is 376 Å². The maximum absolute atomic E-state index is 10.4. The van der Waals surface area contributed by atoms with Gasteiger partial charge in [-0.2, -0.15) is 0 Å². The second-order valence-electron chi connectivity index (χ2n) is 33.8. The van der Waals surface area contributed by atoms with Crippen LogP contribution in [0, 0.1) is 62.3 Å². The lowest BCUT2D eigenvalue weighted by Crippen LogP contribution is -2.17. The fraction of sp³-hybridized carbons (Fsp3) is 0.193. The van der Waals surface area contributed by atoms with Crippen molar-refractivity contribution in [3.8, 4) is 33.8 Å². The van der Waals surface area contributed by atoms with E-state index >= 15 is 0 Å². The minimum absolute atomic E-state index is 0.0442. The molecule has 17 rings (SSSR count). The van der Waals surface area contributed by atoms with Crippen molar-refractivity contribution in [1.29, 1.82) is 0 Å². The number of nitrogens with zero attached hydrogens (tertiary/aromatic N) is 4. The Balaban J connectivity index is 0.000000141. The number of nitrogens with one attached hydrogen (secondary N) is 4. The number of aliphatic hydroxyl groups is 1. The van der Waals surface area contributed by atoms with E-state index in [-0.39, 0.29) is 6.04 Å². The number of hydrogen-bond acceptors (Lipinski definition) is 9. The molecule has 0 saturated heterocycles. The van der Waals surface area contributed by atoms with Crippen molar-refractivity contribution >= 4 is 33.5 Å². The molecule has 0 aliphatic carbocycles. The molecule has 4 heterocycles. The maximum Gasteiger partial charge on any atom is 0.1000 e. The molecule has 17 aromatic rings. The van der Waals surface area contributed by atoms with Gasteiger partial charge in [0.1, 0.15) is 0 Å². The van der Waals surface area contributed by atoms with Crippen LogP contribution in [0.4, 0.5) is 22.7 Å². The molecule has 2 atom stereocenters. The van der Waals surface area contributed by atoms with E-state index in [1.165, 1.54) is 117 Å². The zero-order valence-corrected chi connectivity index (χ0v) is 76.6. The summed E-state index contributed by atoms with van der Waals surface area (Å²) in [6.45, 7) is 30.8. The van der Waals surface area contributed by atoms with Crippen LogP contribution in [-0.4, -0.2) is 25.0 Å². The van der Waals surface area contributed by atoms with E-state index in [2.05, 4.69) is 407 Å². The van der Waals surface area contributed by atoms with E-state index in [9.17, 15) is 5.11 Å². The van der Waals surface area contributed by atoms with Gasteiger partial charge in [-0.3, -0.25) is 19.9 Å².